The molecule has 0 radical (unpaired) electrons. The molecule has 0 bridgehead atoms. The van der Waals surface area contributed by atoms with Gasteiger partial charge in [0.05, 0.1) is 0 Å². The first kappa shape index (κ1) is 12.9. The lowest BCUT2D eigenvalue weighted by Gasteiger charge is -2.48. The van der Waals surface area contributed by atoms with Crippen LogP contribution in [0.15, 0.2) is 0 Å². The largest absolute Gasteiger partial charge is 0.298 e. The number of nitrogens with zero attached hydrogens (tertiary/aromatic N) is 2. The fourth-order valence-electron chi connectivity index (χ4n) is 4.46. The lowest BCUT2D eigenvalue weighted by Crippen LogP contribution is -2.59. The molecule has 0 aromatic carbocycles. The van der Waals surface area contributed by atoms with Crippen molar-refractivity contribution in [3.63, 3.8) is 0 Å². The van der Waals surface area contributed by atoms with Gasteiger partial charge in [-0.25, -0.2) is 0 Å². The van der Waals surface area contributed by atoms with Crippen LogP contribution in [0.3, 0.4) is 0 Å². The Labute approximate surface area is 113 Å². The summed E-state index contributed by atoms with van der Waals surface area (Å²) in [5.74, 6) is 1.96. The molecule has 2 aliphatic heterocycles. The normalized spacial score (nSPS) is 43.0. The van der Waals surface area contributed by atoms with Gasteiger partial charge in [-0.15, -0.1) is 0 Å². The van der Waals surface area contributed by atoms with Gasteiger partial charge >= 0.3 is 0 Å². The first-order valence-electron chi connectivity index (χ1n) is 8.22. The second kappa shape index (κ2) is 5.50. The van der Waals surface area contributed by atoms with Gasteiger partial charge in [-0.05, 0) is 44.6 Å². The summed E-state index contributed by atoms with van der Waals surface area (Å²) in [6.45, 7) is 10.3. The van der Waals surface area contributed by atoms with E-state index in [2.05, 4.69) is 23.6 Å². The number of hydrogen-bond acceptors (Lipinski definition) is 2. The highest BCUT2D eigenvalue weighted by Gasteiger charge is 2.35. The van der Waals surface area contributed by atoms with Crippen molar-refractivity contribution in [3.8, 4) is 0 Å². The van der Waals surface area contributed by atoms with Crippen LogP contribution in [0.25, 0.3) is 0 Å². The van der Waals surface area contributed by atoms with Gasteiger partial charge in [0.1, 0.15) is 0 Å². The van der Waals surface area contributed by atoms with Crippen LogP contribution in [-0.2, 0) is 0 Å². The van der Waals surface area contributed by atoms with Gasteiger partial charge in [0, 0.05) is 31.7 Å². The second-order valence-corrected chi connectivity index (χ2v) is 7.12. The first-order valence-corrected chi connectivity index (χ1v) is 8.22. The fraction of sp³-hybridized carbons (Fsp3) is 1.00. The lowest BCUT2D eigenvalue weighted by molar-refractivity contribution is 0.00540. The van der Waals surface area contributed by atoms with Gasteiger partial charge in [0.2, 0.25) is 0 Å². The quantitative estimate of drug-likeness (QED) is 0.743. The molecular formula is C16H30N2. The molecule has 3 fully saturated rings. The zero-order valence-corrected chi connectivity index (χ0v) is 12.3. The summed E-state index contributed by atoms with van der Waals surface area (Å²) < 4.78 is 0. The van der Waals surface area contributed by atoms with Gasteiger partial charge < -0.3 is 0 Å². The molecule has 2 nitrogen and oxygen atoms in total. The van der Waals surface area contributed by atoms with E-state index in [0.717, 1.165) is 23.9 Å². The summed E-state index contributed by atoms with van der Waals surface area (Å²) in [5.41, 5.74) is 0. The van der Waals surface area contributed by atoms with E-state index in [9.17, 15) is 0 Å². The van der Waals surface area contributed by atoms with Gasteiger partial charge in [-0.2, -0.15) is 0 Å². The molecule has 3 rings (SSSR count). The van der Waals surface area contributed by atoms with Crippen molar-refractivity contribution in [3.05, 3.63) is 0 Å². The van der Waals surface area contributed by atoms with Crippen molar-refractivity contribution in [2.75, 3.05) is 26.2 Å². The molecule has 0 amide bonds. The summed E-state index contributed by atoms with van der Waals surface area (Å²) in [5, 5.41) is 0. The predicted octanol–water partition coefficient (Wildman–Crippen LogP) is 2.98. The smallest absolute Gasteiger partial charge is 0.0223 e. The number of piperazine rings is 1. The Bertz CT molecular complexity index is 278. The van der Waals surface area contributed by atoms with E-state index in [4.69, 9.17) is 0 Å². The number of fused-ring (bicyclic) bond motifs is 1. The average molecular weight is 250 g/mol. The molecule has 2 heterocycles. The Morgan fingerprint density at radius 2 is 1.83 bits per heavy atom. The third kappa shape index (κ3) is 2.60. The Balaban J connectivity index is 1.58. The molecule has 2 heteroatoms. The SMILES string of the molecule is CC1CCCC1CN1CC2CCCCN2CC1C. The van der Waals surface area contributed by atoms with Crippen LogP contribution in [-0.4, -0.2) is 48.1 Å². The van der Waals surface area contributed by atoms with Gasteiger partial charge in [0.25, 0.3) is 0 Å². The highest BCUT2D eigenvalue weighted by atomic mass is 15.3. The summed E-state index contributed by atoms with van der Waals surface area (Å²) in [6, 6.07) is 1.67. The Morgan fingerprint density at radius 3 is 2.61 bits per heavy atom. The maximum Gasteiger partial charge on any atom is 0.0223 e. The minimum Gasteiger partial charge on any atom is -0.298 e. The zero-order valence-electron chi connectivity index (χ0n) is 12.3. The lowest BCUT2D eigenvalue weighted by atomic mass is 9.93. The Hall–Kier alpha value is -0.0800. The fourth-order valence-corrected chi connectivity index (χ4v) is 4.46. The maximum atomic E-state index is 2.82. The summed E-state index contributed by atoms with van der Waals surface area (Å²) in [7, 11) is 0. The molecule has 0 N–H and O–H groups in total. The van der Waals surface area contributed by atoms with Crippen LogP contribution in [0.1, 0.15) is 52.4 Å². The van der Waals surface area contributed by atoms with Crippen molar-refractivity contribution in [1.82, 2.24) is 9.80 Å². The molecule has 0 aromatic heterocycles. The second-order valence-electron chi connectivity index (χ2n) is 7.12. The van der Waals surface area contributed by atoms with Crippen LogP contribution < -0.4 is 0 Å². The molecule has 3 aliphatic rings. The molecule has 104 valence electrons. The maximum absolute atomic E-state index is 2.82. The Morgan fingerprint density at radius 1 is 0.944 bits per heavy atom. The molecule has 2 saturated heterocycles. The van der Waals surface area contributed by atoms with Crippen molar-refractivity contribution in [1.29, 1.82) is 0 Å². The van der Waals surface area contributed by atoms with Gasteiger partial charge in [-0.3, -0.25) is 9.80 Å². The third-order valence-corrected chi connectivity index (χ3v) is 5.82. The van der Waals surface area contributed by atoms with E-state index in [1.807, 2.05) is 0 Å². The minimum atomic E-state index is 0.784. The van der Waals surface area contributed by atoms with E-state index in [-0.39, 0.29) is 0 Å². The van der Waals surface area contributed by atoms with Crippen molar-refractivity contribution < 1.29 is 0 Å². The monoisotopic (exact) mass is 250 g/mol. The Kier molecular flexibility index (Phi) is 3.95. The minimum absolute atomic E-state index is 0.784. The number of rotatable bonds is 2. The highest BCUT2D eigenvalue weighted by Crippen LogP contribution is 2.33. The van der Waals surface area contributed by atoms with Crippen LogP contribution in [0.4, 0.5) is 0 Å². The molecule has 4 atom stereocenters. The van der Waals surface area contributed by atoms with E-state index >= 15 is 0 Å². The first-order chi connectivity index (χ1) is 8.74. The van der Waals surface area contributed by atoms with Crippen LogP contribution in [0.5, 0.6) is 0 Å². The van der Waals surface area contributed by atoms with E-state index < -0.39 is 0 Å². The number of hydrogen-bond donors (Lipinski definition) is 0. The summed E-state index contributed by atoms with van der Waals surface area (Å²) in [6.07, 6.45) is 8.78. The zero-order chi connectivity index (χ0) is 12.5. The summed E-state index contributed by atoms with van der Waals surface area (Å²) in [4.78, 5) is 5.59. The van der Waals surface area contributed by atoms with Gasteiger partial charge in [-0.1, -0.05) is 26.2 Å². The average Bonchev–Trinajstić information content (AvgIpc) is 2.76. The summed E-state index contributed by atoms with van der Waals surface area (Å²) >= 11 is 0. The van der Waals surface area contributed by atoms with Crippen molar-refractivity contribution in [2.24, 2.45) is 11.8 Å². The molecule has 0 spiro atoms. The predicted molar refractivity (Wildman–Crippen MR) is 76.8 cm³/mol. The van der Waals surface area contributed by atoms with E-state index in [1.54, 1.807) is 0 Å². The standard InChI is InChI=1S/C16H30N2/c1-13-6-5-7-15(13)11-18-12-16-8-3-4-9-17(16)10-14(18)2/h13-16H,3-12H2,1-2H3. The topological polar surface area (TPSA) is 6.48 Å². The van der Waals surface area contributed by atoms with E-state index in [1.165, 1.54) is 64.7 Å². The van der Waals surface area contributed by atoms with Crippen molar-refractivity contribution >= 4 is 0 Å². The van der Waals surface area contributed by atoms with Crippen LogP contribution in [0, 0.1) is 11.8 Å². The molecule has 18 heavy (non-hydrogen) atoms. The van der Waals surface area contributed by atoms with Crippen LogP contribution in [0.2, 0.25) is 0 Å². The van der Waals surface area contributed by atoms with E-state index in [0.29, 0.717) is 0 Å². The molecular weight excluding hydrogens is 220 g/mol. The van der Waals surface area contributed by atoms with Gasteiger partial charge in [0.15, 0.2) is 0 Å². The van der Waals surface area contributed by atoms with Crippen LogP contribution >= 0.6 is 0 Å². The highest BCUT2D eigenvalue weighted by molar-refractivity contribution is 4.90. The molecule has 0 aromatic rings. The molecule has 4 unspecified atom stereocenters. The molecule has 1 saturated carbocycles. The number of piperidine rings is 1. The third-order valence-electron chi connectivity index (χ3n) is 5.82. The van der Waals surface area contributed by atoms with Crippen molar-refractivity contribution in [2.45, 2.75) is 64.5 Å². The molecule has 1 aliphatic carbocycles.